The van der Waals surface area contributed by atoms with Gasteiger partial charge in [-0.1, -0.05) is 0 Å². The molecule has 0 saturated carbocycles. The number of nitrogens with two attached hydrogens (primary N) is 1. The lowest BCUT2D eigenvalue weighted by Gasteiger charge is -2.21. The number of halogens is 1. The molecule has 18 heavy (non-hydrogen) atoms. The minimum atomic E-state index is -0.708. The van der Waals surface area contributed by atoms with Crippen LogP contribution in [0.25, 0.3) is 0 Å². The Morgan fingerprint density at radius 1 is 1.17 bits per heavy atom. The predicted molar refractivity (Wildman–Crippen MR) is 71.1 cm³/mol. The third-order valence-electron chi connectivity index (χ3n) is 3.57. The van der Waals surface area contributed by atoms with Gasteiger partial charge in [-0.25, -0.2) is 0 Å². The second-order valence-corrected chi connectivity index (χ2v) is 5.64. The number of fused-ring (bicyclic) bond motifs is 2. The van der Waals surface area contributed by atoms with Gasteiger partial charge in [0.05, 0.1) is 23.8 Å². The average Bonchev–Trinajstić information content (AvgIpc) is 2.96. The summed E-state index contributed by atoms with van der Waals surface area (Å²) in [5, 5.41) is 10.3. The molecule has 1 aromatic rings. The molecule has 0 aliphatic carbocycles. The van der Waals surface area contributed by atoms with Gasteiger partial charge < -0.3 is 20.3 Å². The van der Waals surface area contributed by atoms with Crippen LogP contribution in [-0.2, 0) is 12.8 Å². The molecule has 0 aromatic heterocycles. The van der Waals surface area contributed by atoms with E-state index in [4.69, 9.17) is 15.2 Å². The Bertz CT molecular complexity index is 466. The number of aliphatic hydroxyl groups is 1. The SMILES string of the molecule is C[C@@H](N)[C@@H](O)c1c2c(c(Br)c3c1OCC3)OCC2. The molecule has 0 bridgehead atoms. The van der Waals surface area contributed by atoms with Gasteiger partial charge in [0, 0.05) is 35.6 Å². The maximum atomic E-state index is 10.3. The molecule has 2 heterocycles. The summed E-state index contributed by atoms with van der Waals surface area (Å²) in [6.07, 6.45) is 0.926. The number of hydrogen-bond acceptors (Lipinski definition) is 4. The second kappa shape index (κ2) is 4.40. The molecule has 1 aromatic carbocycles. The molecule has 0 radical (unpaired) electrons. The Balaban J connectivity index is 2.24. The summed E-state index contributed by atoms with van der Waals surface area (Å²) in [5.74, 6) is 1.66. The molecule has 0 saturated heterocycles. The van der Waals surface area contributed by atoms with E-state index in [-0.39, 0.29) is 6.04 Å². The molecule has 98 valence electrons. The molecule has 0 fully saturated rings. The van der Waals surface area contributed by atoms with Crippen LogP contribution in [0, 0.1) is 0 Å². The molecule has 5 heteroatoms. The van der Waals surface area contributed by atoms with Crippen molar-refractivity contribution in [2.45, 2.75) is 31.9 Å². The van der Waals surface area contributed by atoms with Crippen molar-refractivity contribution in [1.82, 2.24) is 0 Å². The quantitative estimate of drug-likeness (QED) is 0.872. The van der Waals surface area contributed by atoms with Gasteiger partial charge in [-0.2, -0.15) is 0 Å². The first-order valence-corrected chi connectivity index (χ1v) is 6.97. The van der Waals surface area contributed by atoms with Gasteiger partial charge in [0.1, 0.15) is 11.5 Å². The van der Waals surface area contributed by atoms with Gasteiger partial charge in [0.2, 0.25) is 0 Å². The van der Waals surface area contributed by atoms with Crippen molar-refractivity contribution in [2.24, 2.45) is 5.73 Å². The topological polar surface area (TPSA) is 64.7 Å². The molecule has 2 aliphatic rings. The van der Waals surface area contributed by atoms with Crippen LogP contribution < -0.4 is 15.2 Å². The van der Waals surface area contributed by atoms with Crippen molar-refractivity contribution in [1.29, 1.82) is 0 Å². The predicted octanol–water partition coefficient (Wildman–Crippen LogP) is 1.70. The summed E-state index contributed by atoms with van der Waals surface area (Å²) in [7, 11) is 0. The molecule has 0 spiro atoms. The Labute approximate surface area is 114 Å². The van der Waals surface area contributed by atoms with Crippen molar-refractivity contribution in [2.75, 3.05) is 13.2 Å². The van der Waals surface area contributed by atoms with E-state index in [0.717, 1.165) is 45.5 Å². The van der Waals surface area contributed by atoms with E-state index in [1.165, 1.54) is 0 Å². The van der Waals surface area contributed by atoms with Gasteiger partial charge in [0.15, 0.2) is 0 Å². The lowest BCUT2D eigenvalue weighted by atomic mass is 9.93. The Hall–Kier alpha value is -0.780. The maximum Gasteiger partial charge on any atom is 0.137 e. The monoisotopic (exact) mass is 313 g/mol. The maximum absolute atomic E-state index is 10.3. The van der Waals surface area contributed by atoms with Gasteiger partial charge in [-0.15, -0.1) is 0 Å². The fourth-order valence-electron chi connectivity index (χ4n) is 2.66. The minimum absolute atomic E-state index is 0.329. The molecule has 2 aliphatic heterocycles. The fraction of sp³-hybridized carbons (Fsp3) is 0.538. The summed E-state index contributed by atoms with van der Waals surface area (Å²) in [4.78, 5) is 0. The molecule has 2 atom stereocenters. The Morgan fingerprint density at radius 3 is 2.44 bits per heavy atom. The minimum Gasteiger partial charge on any atom is -0.493 e. The van der Waals surface area contributed by atoms with Crippen LogP contribution in [0.1, 0.15) is 29.7 Å². The van der Waals surface area contributed by atoms with E-state index in [2.05, 4.69) is 15.9 Å². The summed E-state index contributed by atoms with van der Waals surface area (Å²) in [6.45, 7) is 3.10. The summed E-state index contributed by atoms with van der Waals surface area (Å²) in [5.41, 5.74) is 8.79. The summed E-state index contributed by atoms with van der Waals surface area (Å²) < 4.78 is 12.4. The highest BCUT2D eigenvalue weighted by molar-refractivity contribution is 9.10. The molecule has 4 nitrogen and oxygen atoms in total. The smallest absolute Gasteiger partial charge is 0.137 e. The lowest BCUT2D eigenvalue weighted by Crippen LogP contribution is -2.25. The van der Waals surface area contributed by atoms with Gasteiger partial charge in [-0.3, -0.25) is 0 Å². The van der Waals surface area contributed by atoms with Crippen molar-refractivity contribution in [3.05, 3.63) is 21.2 Å². The number of rotatable bonds is 2. The Morgan fingerprint density at radius 2 is 1.78 bits per heavy atom. The first kappa shape index (κ1) is 12.3. The molecule has 0 unspecified atom stereocenters. The first-order valence-electron chi connectivity index (χ1n) is 6.17. The zero-order chi connectivity index (χ0) is 12.9. The highest BCUT2D eigenvalue weighted by atomic mass is 79.9. The average molecular weight is 314 g/mol. The van der Waals surface area contributed by atoms with E-state index >= 15 is 0 Å². The third kappa shape index (κ3) is 1.65. The van der Waals surface area contributed by atoms with Gasteiger partial charge in [-0.05, 0) is 22.9 Å². The normalized spacial score (nSPS) is 19.8. The van der Waals surface area contributed by atoms with Crippen LogP contribution in [-0.4, -0.2) is 24.4 Å². The third-order valence-corrected chi connectivity index (χ3v) is 4.41. The number of aliphatic hydroxyl groups excluding tert-OH is 1. The van der Waals surface area contributed by atoms with E-state index in [0.29, 0.717) is 13.2 Å². The Kier molecular flexibility index (Phi) is 3.00. The molecular formula is C13H16BrNO3. The van der Waals surface area contributed by atoms with Crippen LogP contribution in [0.5, 0.6) is 11.5 Å². The van der Waals surface area contributed by atoms with Crippen LogP contribution in [0.4, 0.5) is 0 Å². The number of hydrogen-bond donors (Lipinski definition) is 2. The molecule has 3 N–H and O–H groups in total. The number of benzene rings is 1. The molecule has 0 amide bonds. The second-order valence-electron chi connectivity index (χ2n) is 4.84. The summed E-state index contributed by atoms with van der Waals surface area (Å²) >= 11 is 3.59. The molecular weight excluding hydrogens is 298 g/mol. The lowest BCUT2D eigenvalue weighted by molar-refractivity contribution is 0.148. The van der Waals surface area contributed by atoms with Gasteiger partial charge >= 0.3 is 0 Å². The van der Waals surface area contributed by atoms with E-state index in [1.807, 2.05) is 0 Å². The van der Waals surface area contributed by atoms with Crippen molar-refractivity contribution in [3.63, 3.8) is 0 Å². The van der Waals surface area contributed by atoms with E-state index in [9.17, 15) is 5.11 Å². The van der Waals surface area contributed by atoms with Crippen LogP contribution in [0.2, 0.25) is 0 Å². The number of ether oxygens (including phenoxy) is 2. The fourth-order valence-corrected chi connectivity index (χ4v) is 3.40. The van der Waals surface area contributed by atoms with Crippen LogP contribution >= 0.6 is 15.9 Å². The standard InChI is InChI=1S/C13H16BrNO3/c1-6(15)11(16)9-7-2-4-18-13(7)10(14)8-3-5-17-12(8)9/h6,11,16H,2-5,15H2,1H3/t6-,11-/m1/s1. The first-order chi connectivity index (χ1) is 8.61. The highest BCUT2D eigenvalue weighted by Crippen LogP contribution is 2.49. The zero-order valence-electron chi connectivity index (χ0n) is 10.2. The van der Waals surface area contributed by atoms with Crippen molar-refractivity contribution >= 4 is 15.9 Å². The highest BCUT2D eigenvalue weighted by Gasteiger charge is 2.34. The van der Waals surface area contributed by atoms with Crippen LogP contribution in [0.3, 0.4) is 0 Å². The van der Waals surface area contributed by atoms with E-state index < -0.39 is 6.10 Å². The largest absolute Gasteiger partial charge is 0.493 e. The van der Waals surface area contributed by atoms with Gasteiger partial charge in [0.25, 0.3) is 0 Å². The molecule has 3 rings (SSSR count). The van der Waals surface area contributed by atoms with Crippen molar-refractivity contribution in [3.8, 4) is 11.5 Å². The summed E-state index contributed by atoms with van der Waals surface area (Å²) in [6, 6.07) is -0.329. The zero-order valence-corrected chi connectivity index (χ0v) is 11.8. The van der Waals surface area contributed by atoms with E-state index in [1.54, 1.807) is 6.92 Å². The van der Waals surface area contributed by atoms with Crippen LogP contribution in [0.15, 0.2) is 4.47 Å². The van der Waals surface area contributed by atoms with Crippen molar-refractivity contribution < 1.29 is 14.6 Å².